The number of carbonyl (C=O) groups excluding carboxylic acids is 4. The monoisotopic (exact) mass is 657 g/mol. The van der Waals surface area contributed by atoms with Gasteiger partial charge in [-0.3, -0.25) is 23.7 Å². The normalized spacial score (nSPS) is 19.3. The van der Waals surface area contributed by atoms with Crippen molar-refractivity contribution in [1.82, 2.24) is 4.57 Å². The highest BCUT2D eigenvalue weighted by molar-refractivity contribution is 8.00. The van der Waals surface area contributed by atoms with E-state index in [1.807, 2.05) is 0 Å². The standard InChI is InChI=1S/C30H22F3N3O7S2/c1-2-42-28(40)15-8-10-17(11-9-15)34-20(37)14-35-27-24(45-29(35)41)21(19-7-4-12-43-19)22-23(44-27)26(39)36(25(22)38)18-6-3-5-16(13-18)30(31,32)33/h3-13,21-23H,2,14H2,1H3,(H,34,37)/t21-,22?,23?/m1/s1. The maximum absolute atomic E-state index is 13.8. The fourth-order valence-electron chi connectivity index (χ4n) is 5.35. The van der Waals surface area contributed by atoms with Crippen molar-refractivity contribution in [2.75, 3.05) is 16.8 Å². The Labute approximate surface area is 260 Å². The minimum atomic E-state index is -4.69. The first-order chi connectivity index (χ1) is 21.5. The van der Waals surface area contributed by atoms with Gasteiger partial charge in [0, 0.05) is 5.69 Å². The van der Waals surface area contributed by atoms with Gasteiger partial charge in [0.05, 0.1) is 51.4 Å². The Morgan fingerprint density at radius 2 is 1.78 bits per heavy atom. The van der Waals surface area contributed by atoms with Crippen LogP contribution >= 0.6 is 23.1 Å². The number of halogens is 3. The summed E-state index contributed by atoms with van der Waals surface area (Å²) in [5.74, 6) is -4.23. The molecular weight excluding hydrogens is 635 g/mol. The number of carbonyl (C=O) groups is 4. The quantitative estimate of drug-likeness (QED) is 0.214. The predicted octanol–water partition coefficient (Wildman–Crippen LogP) is 5.13. The third-order valence-corrected chi connectivity index (χ3v) is 9.92. The number of amides is 3. The second kappa shape index (κ2) is 11.7. The van der Waals surface area contributed by atoms with E-state index in [2.05, 4.69) is 5.32 Å². The molecule has 2 aliphatic heterocycles. The molecule has 2 aliphatic rings. The van der Waals surface area contributed by atoms with Gasteiger partial charge in [0.2, 0.25) is 17.7 Å². The molecule has 3 atom stereocenters. The number of nitrogens with zero attached hydrogens (tertiary/aromatic N) is 2. The maximum atomic E-state index is 13.8. The van der Waals surface area contributed by atoms with Gasteiger partial charge in [-0.25, -0.2) is 9.69 Å². The third-order valence-electron chi connectivity index (χ3n) is 7.31. The van der Waals surface area contributed by atoms with Crippen LogP contribution in [0.15, 0.2) is 81.2 Å². The molecule has 45 heavy (non-hydrogen) atoms. The van der Waals surface area contributed by atoms with Crippen LogP contribution in [0.4, 0.5) is 24.5 Å². The van der Waals surface area contributed by atoms with Crippen LogP contribution in [0.25, 0.3) is 0 Å². The zero-order chi connectivity index (χ0) is 32.0. The maximum Gasteiger partial charge on any atom is 0.416 e. The highest BCUT2D eigenvalue weighted by Gasteiger charge is 2.57. The SMILES string of the molecule is CCOC(=O)c1ccc(NC(=O)Cn2c3c(sc2=O)[C@H](c2ccco2)C2C(=O)N(c4cccc(C(F)(F)F)c4)C(=O)C2S3)cc1. The van der Waals surface area contributed by atoms with Gasteiger partial charge in [-0.2, -0.15) is 13.2 Å². The van der Waals surface area contributed by atoms with Gasteiger partial charge >= 0.3 is 17.0 Å². The number of alkyl halides is 3. The van der Waals surface area contributed by atoms with E-state index < -0.39 is 63.9 Å². The molecule has 1 N–H and O–H groups in total. The number of fused-ring (bicyclic) bond motifs is 2. The van der Waals surface area contributed by atoms with Crippen molar-refractivity contribution in [1.29, 1.82) is 0 Å². The minimum Gasteiger partial charge on any atom is -0.469 e. The van der Waals surface area contributed by atoms with Crippen molar-refractivity contribution in [3.63, 3.8) is 0 Å². The number of aromatic nitrogens is 1. The van der Waals surface area contributed by atoms with Crippen molar-refractivity contribution < 1.29 is 41.5 Å². The topological polar surface area (TPSA) is 128 Å². The van der Waals surface area contributed by atoms with E-state index in [1.54, 1.807) is 19.1 Å². The summed E-state index contributed by atoms with van der Waals surface area (Å²) in [6, 6.07) is 13.1. The smallest absolute Gasteiger partial charge is 0.416 e. The summed E-state index contributed by atoms with van der Waals surface area (Å²) in [5, 5.41) is 1.85. The molecular formula is C30H22F3N3O7S2. The van der Waals surface area contributed by atoms with Crippen LogP contribution in [-0.2, 0) is 31.8 Å². The minimum absolute atomic E-state index is 0.209. The van der Waals surface area contributed by atoms with E-state index in [9.17, 15) is 37.1 Å². The Morgan fingerprint density at radius 1 is 1.02 bits per heavy atom. The van der Waals surface area contributed by atoms with Crippen LogP contribution in [0, 0.1) is 5.92 Å². The van der Waals surface area contributed by atoms with Crippen LogP contribution in [-0.4, -0.2) is 40.1 Å². The zero-order valence-electron chi connectivity index (χ0n) is 23.2. The molecule has 232 valence electrons. The molecule has 4 heterocycles. The molecule has 15 heteroatoms. The molecule has 0 aliphatic carbocycles. The number of hydrogen-bond acceptors (Lipinski definition) is 9. The van der Waals surface area contributed by atoms with Crippen LogP contribution in [0.3, 0.4) is 0 Å². The number of thiazole rings is 1. The lowest BCUT2D eigenvalue weighted by Gasteiger charge is -2.29. The number of nitrogens with one attached hydrogen (secondary N) is 1. The van der Waals surface area contributed by atoms with Gasteiger partial charge in [0.15, 0.2) is 0 Å². The highest BCUT2D eigenvalue weighted by atomic mass is 32.2. The largest absolute Gasteiger partial charge is 0.469 e. The van der Waals surface area contributed by atoms with E-state index >= 15 is 0 Å². The fourth-order valence-corrected chi connectivity index (χ4v) is 8.11. The molecule has 6 rings (SSSR count). The van der Waals surface area contributed by atoms with Crippen molar-refractivity contribution in [3.05, 3.63) is 98.4 Å². The van der Waals surface area contributed by atoms with E-state index in [0.717, 1.165) is 46.2 Å². The van der Waals surface area contributed by atoms with Crippen LogP contribution in [0.5, 0.6) is 0 Å². The number of anilines is 2. The van der Waals surface area contributed by atoms with Gasteiger partial charge in [0.25, 0.3) is 0 Å². The Balaban J connectivity index is 1.31. The average molecular weight is 658 g/mol. The molecule has 2 aromatic heterocycles. The fraction of sp³-hybridized carbons (Fsp3) is 0.233. The molecule has 3 amide bonds. The predicted molar refractivity (Wildman–Crippen MR) is 157 cm³/mol. The van der Waals surface area contributed by atoms with Gasteiger partial charge in [-0.15, -0.1) is 0 Å². The lowest BCUT2D eigenvalue weighted by molar-refractivity contribution is -0.137. The molecule has 0 bridgehead atoms. The first-order valence-electron chi connectivity index (χ1n) is 13.5. The number of ether oxygens (including phenoxy) is 1. The molecule has 0 spiro atoms. The summed E-state index contributed by atoms with van der Waals surface area (Å²) in [5.41, 5.74) is -0.579. The molecule has 1 fully saturated rings. The van der Waals surface area contributed by atoms with Gasteiger partial charge in [-0.1, -0.05) is 29.2 Å². The second-order valence-electron chi connectivity index (χ2n) is 10.1. The number of hydrogen-bond donors (Lipinski definition) is 1. The lowest BCUT2D eigenvalue weighted by Crippen LogP contribution is -2.32. The number of thioether (sulfide) groups is 1. The molecule has 0 radical (unpaired) electrons. The molecule has 2 unspecified atom stereocenters. The van der Waals surface area contributed by atoms with Gasteiger partial charge < -0.3 is 14.5 Å². The van der Waals surface area contributed by atoms with Gasteiger partial charge in [0.1, 0.15) is 17.6 Å². The van der Waals surface area contributed by atoms with Crippen molar-refractivity contribution in [2.45, 2.75) is 35.8 Å². The Hall–Kier alpha value is -4.63. The summed E-state index contributed by atoms with van der Waals surface area (Å²) in [6.07, 6.45) is -3.32. The van der Waals surface area contributed by atoms with E-state index in [1.165, 1.54) is 41.2 Å². The first kappa shape index (κ1) is 30.4. The summed E-state index contributed by atoms with van der Waals surface area (Å²) >= 11 is 1.72. The Morgan fingerprint density at radius 3 is 2.44 bits per heavy atom. The number of esters is 1. The van der Waals surface area contributed by atoms with E-state index in [4.69, 9.17) is 9.15 Å². The highest BCUT2D eigenvalue weighted by Crippen LogP contribution is 2.54. The molecule has 0 saturated carbocycles. The number of imide groups is 1. The molecule has 2 aromatic carbocycles. The summed E-state index contributed by atoms with van der Waals surface area (Å²) < 4.78 is 52.1. The van der Waals surface area contributed by atoms with Crippen molar-refractivity contribution in [2.24, 2.45) is 5.92 Å². The van der Waals surface area contributed by atoms with E-state index in [-0.39, 0.29) is 23.1 Å². The zero-order valence-corrected chi connectivity index (χ0v) is 24.8. The third kappa shape index (κ3) is 5.57. The molecule has 1 saturated heterocycles. The Bertz CT molecular complexity index is 1870. The second-order valence-corrected chi connectivity index (χ2v) is 12.2. The molecule has 4 aromatic rings. The van der Waals surface area contributed by atoms with Crippen molar-refractivity contribution in [3.8, 4) is 0 Å². The first-order valence-corrected chi connectivity index (χ1v) is 15.2. The van der Waals surface area contributed by atoms with E-state index in [0.29, 0.717) is 16.1 Å². The number of furan rings is 1. The van der Waals surface area contributed by atoms with Crippen LogP contribution in [0.2, 0.25) is 0 Å². The summed E-state index contributed by atoms with van der Waals surface area (Å²) in [6.45, 7) is 1.46. The van der Waals surface area contributed by atoms with Gasteiger partial charge in [-0.05, 0) is 61.5 Å². The number of rotatable bonds is 7. The lowest BCUT2D eigenvalue weighted by atomic mass is 9.87. The molecule has 10 nitrogen and oxygen atoms in total. The summed E-state index contributed by atoms with van der Waals surface area (Å²) in [7, 11) is 0. The van der Waals surface area contributed by atoms with Crippen LogP contribution < -0.4 is 15.1 Å². The average Bonchev–Trinajstić information content (AvgIpc) is 3.70. The summed E-state index contributed by atoms with van der Waals surface area (Å²) in [4.78, 5) is 66.3. The number of benzene rings is 2. The van der Waals surface area contributed by atoms with Crippen LogP contribution in [0.1, 0.15) is 39.4 Å². The van der Waals surface area contributed by atoms with Crippen molar-refractivity contribution >= 4 is 58.2 Å². The Kier molecular flexibility index (Phi) is 7.91.